The Morgan fingerprint density at radius 3 is 3.42 bits per heavy atom. The highest BCUT2D eigenvalue weighted by Gasteiger charge is 2.16. The molecule has 0 radical (unpaired) electrons. The summed E-state index contributed by atoms with van der Waals surface area (Å²) in [6.07, 6.45) is 5.28. The molecule has 0 fully saturated rings. The molecular formula is C7H5N5. The van der Waals surface area contributed by atoms with Gasteiger partial charge in [-0.25, -0.2) is 9.98 Å². The van der Waals surface area contributed by atoms with Gasteiger partial charge >= 0.3 is 0 Å². The van der Waals surface area contributed by atoms with E-state index in [0.717, 1.165) is 17.9 Å². The van der Waals surface area contributed by atoms with Crippen molar-refractivity contribution in [1.29, 1.82) is 0 Å². The summed E-state index contributed by atoms with van der Waals surface area (Å²) >= 11 is 0. The van der Waals surface area contributed by atoms with Gasteiger partial charge in [0.1, 0.15) is 5.82 Å². The lowest BCUT2D eigenvalue weighted by atomic mass is 10.3. The molecule has 0 aliphatic carbocycles. The van der Waals surface area contributed by atoms with E-state index in [2.05, 4.69) is 20.2 Å². The molecule has 3 rings (SSSR count). The summed E-state index contributed by atoms with van der Waals surface area (Å²) in [5.41, 5.74) is 0.922. The maximum Gasteiger partial charge on any atom is 0.188 e. The number of aliphatic imine (C=N–C) groups is 1. The van der Waals surface area contributed by atoms with Gasteiger partial charge in [0.25, 0.3) is 0 Å². The first-order valence-electron chi connectivity index (χ1n) is 3.64. The van der Waals surface area contributed by atoms with Crippen molar-refractivity contribution in [2.45, 2.75) is 6.54 Å². The molecule has 0 aromatic heterocycles. The molecule has 3 heterocycles. The second kappa shape index (κ2) is 1.88. The van der Waals surface area contributed by atoms with Crippen molar-refractivity contribution >= 4 is 12.0 Å². The largest absolute Gasteiger partial charge is 0.311 e. The fourth-order valence-corrected chi connectivity index (χ4v) is 1.33. The first-order valence-corrected chi connectivity index (χ1v) is 3.64. The van der Waals surface area contributed by atoms with Gasteiger partial charge in [-0.05, 0) is 0 Å². The molecule has 0 unspecified atom stereocenters. The van der Waals surface area contributed by atoms with E-state index < -0.39 is 0 Å². The van der Waals surface area contributed by atoms with Crippen LogP contribution in [0.25, 0.3) is 11.4 Å². The minimum absolute atomic E-state index is 0.667. The van der Waals surface area contributed by atoms with Gasteiger partial charge in [-0.3, -0.25) is 0 Å². The molecule has 0 aromatic rings. The molecule has 0 bridgehead atoms. The zero-order valence-corrected chi connectivity index (χ0v) is 6.18. The van der Waals surface area contributed by atoms with Gasteiger partial charge in [0, 0.05) is 6.21 Å². The monoisotopic (exact) mass is 159 g/mol. The van der Waals surface area contributed by atoms with Gasteiger partial charge in [0.2, 0.25) is 0 Å². The van der Waals surface area contributed by atoms with Crippen LogP contribution in [0, 0.1) is 0 Å². The Morgan fingerprint density at radius 2 is 2.42 bits per heavy atom. The van der Waals surface area contributed by atoms with Crippen molar-refractivity contribution in [3.8, 4) is 11.4 Å². The Morgan fingerprint density at radius 1 is 1.42 bits per heavy atom. The van der Waals surface area contributed by atoms with E-state index in [4.69, 9.17) is 0 Å². The summed E-state index contributed by atoms with van der Waals surface area (Å²) in [5.74, 6) is 1.57. The van der Waals surface area contributed by atoms with Crippen molar-refractivity contribution < 1.29 is 0 Å². The highest BCUT2D eigenvalue weighted by atomic mass is 15.2. The molecule has 0 aromatic carbocycles. The summed E-state index contributed by atoms with van der Waals surface area (Å²) in [5, 5.41) is 7.63. The molecule has 3 aliphatic heterocycles. The van der Waals surface area contributed by atoms with E-state index >= 15 is 0 Å². The van der Waals surface area contributed by atoms with Crippen LogP contribution in [0.5, 0.6) is 0 Å². The molecule has 0 N–H and O–H groups in total. The Bertz CT molecular complexity index is 430. The highest BCUT2D eigenvalue weighted by Crippen LogP contribution is 2.29. The van der Waals surface area contributed by atoms with E-state index in [1.807, 2.05) is 10.8 Å². The lowest BCUT2D eigenvalue weighted by molar-refractivity contribution is 0.850. The van der Waals surface area contributed by atoms with Gasteiger partial charge < -0.3 is 4.57 Å². The van der Waals surface area contributed by atoms with Crippen LogP contribution in [-0.2, 0) is 6.54 Å². The van der Waals surface area contributed by atoms with Crippen molar-refractivity contribution in [3.05, 3.63) is 12.5 Å². The van der Waals surface area contributed by atoms with Crippen molar-refractivity contribution in [3.63, 3.8) is 0 Å². The van der Waals surface area contributed by atoms with Crippen LogP contribution in [0.1, 0.15) is 0 Å². The fourth-order valence-electron chi connectivity index (χ4n) is 1.33. The molecule has 5 nitrogen and oxygen atoms in total. The molecule has 58 valence electrons. The van der Waals surface area contributed by atoms with Crippen LogP contribution >= 0.6 is 0 Å². The number of hydrogen-bond donors (Lipinski definition) is 0. The standard InChI is InChI=1S/C7H5N5/c1-2-12-4-9-6-5(3-10-11-6)7(12)8-1/h1,3-4H,2H2. The van der Waals surface area contributed by atoms with Crippen LogP contribution < -0.4 is 0 Å². The minimum Gasteiger partial charge on any atom is -0.311 e. The zero-order valence-electron chi connectivity index (χ0n) is 6.18. The molecule has 0 amide bonds. The van der Waals surface area contributed by atoms with Crippen LogP contribution in [-0.4, -0.2) is 26.0 Å². The van der Waals surface area contributed by atoms with Crippen LogP contribution in [0.15, 0.2) is 17.5 Å². The van der Waals surface area contributed by atoms with E-state index in [9.17, 15) is 0 Å². The maximum atomic E-state index is 4.22. The van der Waals surface area contributed by atoms with Crippen LogP contribution in [0.3, 0.4) is 0 Å². The Balaban J connectivity index is 2.43. The van der Waals surface area contributed by atoms with Crippen LogP contribution in [0.4, 0.5) is 5.82 Å². The lowest BCUT2D eigenvalue weighted by Crippen LogP contribution is -1.97. The predicted octanol–water partition coefficient (Wildman–Crippen LogP) is 0.494. The number of rotatable bonds is 0. The van der Waals surface area contributed by atoms with E-state index in [1.54, 1.807) is 12.5 Å². The van der Waals surface area contributed by atoms with E-state index in [1.165, 1.54) is 0 Å². The quantitative estimate of drug-likeness (QED) is 0.562. The molecule has 0 atom stereocenters. The normalized spacial score (nSPS) is 14.0. The molecule has 0 saturated carbocycles. The van der Waals surface area contributed by atoms with Gasteiger partial charge in [0.05, 0.1) is 24.6 Å². The molecule has 0 saturated heterocycles. The van der Waals surface area contributed by atoms with Gasteiger partial charge in [0.15, 0.2) is 5.82 Å². The van der Waals surface area contributed by atoms with Crippen LogP contribution in [0.2, 0.25) is 0 Å². The average molecular weight is 159 g/mol. The summed E-state index contributed by atoms with van der Waals surface area (Å²) < 4.78 is 1.96. The van der Waals surface area contributed by atoms with Crippen molar-refractivity contribution in [2.24, 2.45) is 4.99 Å². The van der Waals surface area contributed by atoms with Gasteiger partial charge in [-0.15, -0.1) is 5.10 Å². The highest BCUT2D eigenvalue weighted by molar-refractivity contribution is 5.76. The van der Waals surface area contributed by atoms with E-state index in [0.29, 0.717) is 5.82 Å². The third-order valence-electron chi connectivity index (χ3n) is 1.90. The Hall–Kier alpha value is -1.78. The van der Waals surface area contributed by atoms with Crippen molar-refractivity contribution in [1.82, 2.24) is 19.7 Å². The second-order valence-corrected chi connectivity index (χ2v) is 2.61. The molecule has 3 aliphatic rings. The first-order chi connectivity index (χ1) is 5.95. The first kappa shape index (κ1) is 5.82. The zero-order chi connectivity index (χ0) is 7.97. The summed E-state index contributed by atoms with van der Waals surface area (Å²) in [4.78, 5) is 8.34. The second-order valence-electron chi connectivity index (χ2n) is 2.61. The van der Waals surface area contributed by atoms with E-state index in [-0.39, 0.29) is 0 Å². The van der Waals surface area contributed by atoms with Gasteiger partial charge in [-0.1, -0.05) is 0 Å². The topological polar surface area (TPSA) is 56.0 Å². The third-order valence-corrected chi connectivity index (χ3v) is 1.90. The maximum absolute atomic E-state index is 4.22. The summed E-state index contributed by atoms with van der Waals surface area (Å²) in [7, 11) is 0. The average Bonchev–Trinajstić information content (AvgIpc) is 2.71. The summed E-state index contributed by atoms with van der Waals surface area (Å²) in [6, 6.07) is 0. The summed E-state index contributed by atoms with van der Waals surface area (Å²) in [6.45, 7) is 0.795. The number of nitrogens with zero attached hydrogens (tertiary/aromatic N) is 5. The minimum atomic E-state index is 0.667. The molecule has 5 heteroatoms. The lowest BCUT2D eigenvalue weighted by Gasteiger charge is -2.03. The number of hydrogen-bond acceptors (Lipinski definition) is 4. The molecule has 0 spiro atoms. The number of fused-ring (bicyclic) bond motifs is 3. The van der Waals surface area contributed by atoms with Gasteiger partial charge in [-0.2, -0.15) is 5.10 Å². The van der Waals surface area contributed by atoms with Crippen molar-refractivity contribution in [2.75, 3.05) is 0 Å². The third kappa shape index (κ3) is 0.578. The molecular weight excluding hydrogens is 154 g/mol. The smallest absolute Gasteiger partial charge is 0.188 e. The molecule has 12 heavy (non-hydrogen) atoms. The Labute approximate surface area is 68.1 Å². The SMILES string of the molecule is C1=Nc2c3cnnc-3ncn2C1. The fraction of sp³-hybridized carbons (Fsp3) is 0.143. The predicted molar refractivity (Wildman–Crippen MR) is 42.6 cm³/mol. The Kier molecular flexibility index (Phi) is 0.910. The number of aromatic nitrogens is 4.